The van der Waals surface area contributed by atoms with Crippen molar-refractivity contribution in [2.45, 2.75) is 38.3 Å². The molecule has 2 aromatic rings. The van der Waals surface area contributed by atoms with Crippen LogP contribution in [0.25, 0.3) is 0 Å². The predicted molar refractivity (Wildman–Crippen MR) is 80.1 cm³/mol. The second kappa shape index (κ2) is 5.58. The van der Waals surface area contributed by atoms with Crippen LogP contribution in [-0.2, 0) is 6.54 Å². The molecule has 19 heavy (non-hydrogen) atoms. The van der Waals surface area contributed by atoms with Gasteiger partial charge in [0, 0.05) is 18.5 Å². The van der Waals surface area contributed by atoms with Crippen molar-refractivity contribution in [3.63, 3.8) is 0 Å². The largest absolute Gasteiger partial charge is 0.305 e. The summed E-state index contributed by atoms with van der Waals surface area (Å²) in [6.07, 6.45) is 2.47. The van der Waals surface area contributed by atoms with Gasteiger partial charge in [0.05, 0.1) is 0 Å². The Morgan fingerprint density at radius 1 is 1.00 bits per heavy atom. The second-order valence-corrected chi connectivity index (χ2v) is 5.36. The molecule has 2 unspecified atom stereocenters. The maximum Gasteiger partial charge on any atom is 0.0392 e. The van der Waals surface area contributed by atoms with Crippen LogP contribution in [0, 0.1) is 0 Å². The first-order valence-corrected chi connectivity index (χ1v) is 7.26. The van der Waals surface area contributed by atoms with Gasteiger partial charge in [-0.2, -0.15) is 0 Å². The topological polar surface area (TPSA) is 12.0 Å². The molecule has 2 atom stereocenters. The van der Waals surface area contributed by atoms with E-state index < -0.39 is 0 Å². The highest BCUT2D eigenvalue weighted by molar-refractivity contribution is 5.37. The lowest BCUT2D eigenvalue weighted by molar-refractivity contribution is 0.392. The van der Waals surface area contributed by atoms with Gasteiger partial charge in [-0.1, -0.05) is 67.9 Å². The first-order valence-electron chi connectivity index (χ1n) is 7.26. The summed E-state index contributed by atoms with van der Waals surface area (Å²) >= 11 is 0. The average Bonchev–Trinajstić information content (AvgIpc) is 2.49. The summed E-state index contributed by atoms with van der Waals surface area (Å²) in [5.74, 6) is 0.595. The first kappa shape index (κ1) is 12.4. The molecule has 0 saturated carbocycles. The molecular weight excluding hydrogens is 230 g/mol. The molecule has 1 heteroatoms. The van der Waals surface area contributed by atoms with Crippen molar-refractivity contribution < 1.29 is 0 Å². The molecular formula is C18H21N. The lowest BCUT2D eigenvalue weighted by atomic mass is 9.79. The summed E-state index contributed by atoms with van der Waals surface area (Å²) in [7, 11) is 0. The van der Waals surface area contributed by atoms with Gasteiger partial charge >= 0.3 is 0 Å². The van der Waals surface area contributed by atoms with Gasteiger partial charge in [-0.25, -0.2) is 0 Å². The third-order valence-electron chi connectivity index (χ3n) is 4.13. The van der Waals surface area contributed by atoms with Crippen LogP contribution in [0.5, 0.6) is 0 Å². The van der Waals surface area contributed by atoms with Gasteiger partial charge < -0.3 is 5.32 Å². The van der Waals surface area contributed by atoms with E-state index >= 15 is 0 Å². The molecule has 0 aromatic heterocycles. The van der Waals surface area contributed by atoms with Crippen molar-refractivity contribution in [1.29, 1.82) is 0 Å². The summed E-state index contributed by atoms with van der Waals surface area (Å²) < 4.78 is 0. The smallest absolute Gasteiger partial charge is 0.0392 e. The summed E-state index contributed by atoms with van der Waals surface area (Å²) in [5, 5.41) is 3.73. The average molecular weight is 251 g/mol. The Bertz CT molecular complexity index is 532. The maximum atomic E-state index is 3.73. The number of hydrogen-bond donors (Lipinski definition) is 1. The molecule has 2 aromatic carbocycles. The van der Waals surface area contributed by atoms with Crippen LogP contribution in [-0.4, -0.2) is 0 Å². The summed E-state index contributed by atoms with van der Waals surface area (Å²) in [6, 6.07) is 20.2. The van der Waals surface area contributed by atoms with Crippen LogP contribution in [0.4, 0.5) is 0 Å². The van der Waals surface area contributed by atoms with Crippen molar-refractivity contribution in [1.82, 2.24) is 5.32 Å². The van der Waals surface area contributed by atoms with E-state index in [1.54, 1.807) is 0 Å². The molecule has 0 radical (unpaired) electrons. The fourth-order valence-electron chi connectivity index (χ4n) is 3.24. The molecule has 1 N–H and O–H groups in total. The molecule has 1 aliphatic heterocycles. The number of benzene rings is 2. The van der Waals surface area contributed by atoms with E-state index in [9.17, 15) is 0 Å². The zero-order valence-corrected chi connectivity index (χ0v) is 11.5. The van der Waals surface area contributed by atoms with E-state index in [1.165, 1.54) is 29.5 Å². The Morgan fingerprint density at radius 3 is 2.53 bits per heavy atom. The number of hydrogen-bond acceptors (Lipinski definition) is 1. The van der Waals surface area contributed by atoms with Gasteiger partial charge in [0.2, 0.25) is 0 Å². The van der Waals surface area contributed by atoms with E-state index in [0.29, 0.717) is 12.0 Å². The number of fused-ring (bicyclic) bond motifs is 1. The minimum absolute atomic E-state index is 0.455. The molecule has 1 heterocycles. The highest BCUT2D eigenvalue weighted by atomic mass is 14.9. The third-order valence-corrected chi connectivity index (χ3v) is 4.13. The molecule has 0 amide bonds. The van der Waals surface area contributed by atoms with Gasteiger partial charge in [-0.05, 0) is 23.1 Å². The van der Waals surface area contributed by atoms with E-state index in [4.69, 9.17) is 0 Å². The molecule has 0 spiro atoms. The SMILES string of the molecule is CCCC1c2ccccc2CNC1c1ccccc1. The van der Waals surface area contributed by atoms with Gasteiger partial charge in [-0.3, -0.25) is 0 Å². The predicted octanol–water partition coefficient (Wildman–Crippen LogP) is 4.41. The fourth-order valence-corrected chi connectivity index (χ4v) is 3.24. The van der Waals surface area contributed by atoms with Crippen LogP contribution in [0.15, 0.2) is 54.6 Å². The minimum Gasteiger partial charge on any atom is -0.305 e. The lowest BCUT2D eigenvalue weighted by Gasteiger charge is -2.35. The second-order valence-electron chi connectivity index (χ2n) is 5.36. The number of nitrogens with one attached hydrogen (secondary N) is 1. The molecule has 1 aliphatic rings. The van der Waals surface area contributed by atoms with Crippen LogP contribution < -0.4 is 5.32 Å². The molecule has 0 aliphatic carbocycles. The lowest BCUT2D eigenvalue weighted by Crippen LogP contribution is -2.32. The normalized spacial score (nSPS) is 21.9. The standard InChI is InChI=1S/C18H21N/c1-2-8-17-16-12-7-6-11-15(16)13-19-18(17)14-9-4-3-5-10-14/h3-7,9-12,17-19H,2,8,13H2,1H3. The Balaban J connectivity index is 1.98. The van der Waals surface area contributed by atoms with Gasteiger partial charge in [0.1, 0.15) is 0 Å². The molecule has 0 bridgehead atoms. The summed E-state index contributed by atoms with van der Waals surface area (Å²) in [4.78, 5) is 0. The van der Waals surface area contributed by atoms with Crippen molar-refractivity contribution in [2.24, 2.45) is 0 Å². The first-order chi connectivity index (χ1) is 9.40. The Hall–Kier alpha value is -1.60. The Labute approximate surface area is 115 Å². The van der Waals surface area contributed by atoms with Crippen LogP contribution >= 0.6 is 0 Å². The summed E-state index contributed by atoms with van der Waals surface area (Å²) in [5.41, 5.74) is 4.42. The van der Waals surface area contributed by atoms with Crippen molar-refractivity contribution in [2.75, 3.05) is 0 Å². The maximum absolute atomic E-state index is 3.73. The van der Waals surface area contributed by atoms with Crippen LogP contribution in [0.3, 0.4) is 0 Å². The zero-order valence-electron chi connectivity index (χ0n) is 11.5. The molecule has 0 fully saturated rings. The van der Waals surface area contributed by atoms with Crippen molar-refractivity contribution in [3.05, 3.63) is 71.3 Å². The monoisotopic (exact) mass is 251 g/mol. The molecule has 3 rings (SSSR count). The van der Waals surface area contributed by atoms with Crippen molar-refractivity contribution >= 4 is 0 Å². The molecule has 0 saturated heterocycles. The highest BCUT2D eigenvalue weighted by Crippen LogP contribution is 2.39. The highest BCUT2D eigenvalue weighted by Gasteiger charge is 2.29. The van der Waals surface area contributed by atoms with Crippen LogP contribution in [0.1, 0.15) is 48.4 Å². The fraction of sp³-hybridized carbons (Fsp3) is 0.333. The van der Waals surface area contributed by atoms with Gasteiger partial charge in [0.25, 0.3) is 0 Å². The van der Waals surface area contributed by atoms with E-state index in [1.807, 2.05) is 0 Å². The van der Waals surface area contributed by atoms with Crippen LogP contribution in [0.2, 0.25) is 0 Å². The summed E-state index contributed by atoms with van der Waals surface area (Å²) in [6.45, 7) is 3.26. The molecule has 1 nitrogen and oxygen atoms in total. The minimum atomic E-state index is 0.455. The molecule has 98 valence electrons. The van der Waals surface area contributed by atoms with Gasteiger partial charge in [0.15, 0.2) is 0 Å². The van der Waals surface area contributed by atoms with E-state index in [2.05, 4.69) is 66.8 Å². The van der Waals surface area contributed by atoms with Crippen molar-refractivity contribution in [3.8, 4) is 0 Å². The third kappa shape index (κ3) is 2.43. The van der Waals surface area contributed by atoms with Gasteiger partial charge in [-0.15, -0.1) is 0 Å². The quantitative estimate of drug-likeness (QED) is 0.851. The van der Waals surface area contributed by atoms with E-state index in [-0.39, 0.29) is 0 Å². The number of rotatable bonds is 3. The Morgan fingerprint density at radius 2 is 1.74 bits per heavy atom. The Kier molecular flexibility index (Phi) is 3.65. The van der Waals surface area contributed by atoms with E-state index in [0.717, 1.165) is 6.54 Å². The zero-order chi connectivity index (χ0) is 13.1.